The van der Waals surface area contributed by atoms with E-state index in [4.69, 9.17) is 4.74 Å². The van der Waals surface area contributed by atoms with Gasteiger partial charge in [0.15, 0.2) is 0 Å². The van der Waals surface area contributed by atoms with E-state index in [1.807, 2.05) is 0 Å². The van der Waals surface area contributed by atoms with Gasteiger partial charge in [0.2, 0.25) is 0 Å². The molecule has 8 heteroatoms. The van der Waals surface area contributed by atoms with E-state index in [0.717, 1.165) is 4.47 Å². The summed E-state index contributed by atoms with van der Waals surface area (Å²) in [6.45, 7) is 1.07. The zero-order valence-corrected chi connectivity index (χ0v) is 15.1. The van der Waals surface area contributed by atoms with Crippen LogP contribution in [0, 0.1) is 0 Å². The number of hydrogen-bond acceptors (Lipinski definition) is 6. The van der Waals surface area contributed by atoms with Gasteiger partial charge in [0, 0.05) is 30.9 Å². The Morgan fingerprint density at radius 1 is 1.16 bits per heavy atom. The predicted octanol–water partition coefficient (Wildman–Crippen LogP) is 2.32. The number of halogens is 1. The first-order valence-electron chi connectivity index (χ1n) is 7.68. The van der Waals surface area contributed by atoms with Gasteiger partial charge in [0.1, 0.15) is 6.10 Å². The summed E-state index contributed by atoms with van der Waals surface area (Å²) in [6, 6.07) is 6.71. The molecule has 0 spiro atoms. The average molecular weight is 406 g/mol. The maximum atomic E-state index is 12.6. The molecule has 0 radical (unpaired) electrons. The lowest BCUT2D eigenvalue weighted by atomic mass is 10.1. The highest BCUT2D eigenvalue weighted by Crippen LogP contribution is 2.18. The van der Waals surface area contributed by atoms with Crippen molar-refractivity contribution in [3.05, 3.63) is 52.3 Å². The summed E-state index contributed by atoms with van der Waals surface area (Å²) in [6.07, 6.45) is 3.80. The molecule has 7 nitrogen and oxygen atoms in total. The summed E-state index contributed by atoms with van der Waals surface area (Å²) in [4.78, 5) is 33.9. The van der Waals surface area contributed by atoms with Crippen LogP contribution in [0.1, 0.15) is 27.1 Å². The highest BCUT2D eigenvalue weighted by molar-refractivity contribution is 9.10. The maximum Gasteiger partial charge on any atom is 0.337 e. The lowest BCUT2D eigenvalue weighted by Gasteiger charge is -2.17. The molecular weight excluding hydrogens is 390 g/mol. The number of rotatable bonds is 4. The Hall–Kier alpha value is -2.48. The standard InChI is InChI=1S/C17H16BrN3O4/c1-24-16(23)12-4-2-11(3-5-12)15(22)21-7-6-14(10-21)25-17-19-8-13(18)9-20-17/h2-5,8-9,14H,6-7,10H2,1H3/t14-/m1/s1. The van der Waals surface area contributed by atoms with E-state index in [1.54, 1.807) is 41.6 Å². The molecular formula is C17H16BrN3O4. The maximum absolute atomic E-state index is 12.6. The number of amides is 1. The molecule has 0 unspecified atom stereocenters. The number of ether oxygens (including phenoxy) is 2. The van der Waals surface area contributed by atoms with Gasteiger partial charge in [-0.3, -0.25) is 4.79 Å². The van der Waals surface area contributed by atoms with Crippen LogP contribution in [-0.2, 0) is 4.74 Å². The van der Waals surface area contributed by atoms with Crippen LogP contribution < -0.4 is 4.74 Å². The first-order chi connectivity index (χ1) is 12.1. The number of carbonyl (C=O) groups excluding carboxylic acids is 2. The summed E-state index contributed by atoms with van der Waals surface area (Å²) in [5.74, 6) is -0.526. The van der Waals surface area contributed by atoms with Gasteiger partial charge in [-0.25, -0.2) is 14.8 Å². The van der Waals surface area contributed by atoms with Gasteiger partial charge in [0.25, 0.3) is 5.91 Å². The Bertz CT molecular complexity index is 764. The van der Waals surface area contributed by atoms with Gasteiger partial charge in [-0.15, -0.1) is 0 Å². The Labute approximate surface area is 153 Å². The van der Waals surface area contributed by atoms with E-state index >= 15 is 0 Å². The minimum atomic E-state index is -0.428. The molecule has 3 rings (SSSR count). The number of nitrogens with zero attached hydrogens (tertiary/aromatic N) is 3. The number of esters is 1. The van der Waals surface area contributed by atoms with Crippen LogP contribution in [0.5, 0.6) is 6.01 Å². The van der Waals surface area contributed by atoms with Crippen molar-refractivity contribution in [3.8, 4) is 6.01 Å². The number of likely N-dealkylation sites (tertiary alicyclic amines) is 1. The highest BCUT2D eigenvalue weighted by Gasteiger charge is 2.29. The molecule has 1 fully saturated rings. The lowest BCUT2D eigenvalue weighted by molar-refractivity contribution is 0.0600. The molecule has 130 valence electrons. The fourth-order valence-electron chi connectivity index (χ4n) is 2.57. The van der Waals surface area contributed by atoms with Crippen molar-refractivity contribution in [2.24, 2.45) is 0 Å². The van der Waals surface area contributed by atoms with Gasteiger partial charge in [-0.05, 0) is 40.2 Å². The van der Waals surface area contributed by atoms with Crippen LogP contribution in [0.15, 0.2) is 41.1 Å². The molecule has 0 bridgehead atoms. The second-order valence-electron chi connectivity index (χ2n) is 5.53. The molecule has 1 aliphatic heterocycles. The first kappa shape index (κ1) is 17.3. The zero-order chi connectivity index (χ0) is 17.8. The third-order valence-electron chi connectivity index (χ3n) is 3.85. The van der Waals surface area contributed by atoms with Crippen molar-refractivity contribution in [2.45, 2.75) is 12.5 Å². The van der Waals surface area contributed by atoms with Gasteiger partial charge in [-0.2, -0.15) is 0 Å². The molecule has 1 amide bonds. The third kappa shape index (κ3) is 4.14. The normalized spacial score (nSPS) is 16.6. The molecule has 1 atom stereocenters. The van der Waals surface area contributed by atoms with Gasteiger partial charge >= 0.3 is 12.0 Å². The van der Waals surface area contributed by atoms with Crippen molar-refractivity contribution < 1.29 is 19.1 Å². The monoisotopic (exact) mass is 405 g/mol. The second-order valence-corrected chi connectivity index (χ2v) is 6.45. The van der Waals surface area contributed by atoms with Gasteiger partial charge < -0.3 is 14.4 Å². The van der Waals surface area contributed by atoms with Crippen molar-refractivity contribution in [3.63, 3.8) is 0 Å². The van der Waals surface area contributed by atoms with Crippen LogP contribution in [-0.4, -0.2) is 53.0 Å². The number of benzene rings is 1. The van der Waals surface area contributed by atoms with Gasteiger partial charge in [0.05, 0.1) is 23.7 Å². The highest BCUT2D eigenvalue weighted by atomic mass is 79.9. The number of methoxy groups -OCH3 is 1. The van der Waals surface area contributed by atoms with Crippen LogP contribution in [0.3, 0.4) is 0 Å². The Kier molecular flexibility index (Phi) is 5.28. The molecule has 1 saturated heterocycles. The topological polar surface area (TPSA) is 81.6 Å². The minimum Gasteiger partial charge on any atom is -0.465 e. The summed E-state index contributed by atoms with van der Waals surface area (Å²) >= 11 is 3.27. The summed E-state index contributed by atoms with van der Waals surface area (Å²) < 4.78 is 11.1. The fraction of sp³-hybridized carbons (Fsp3) is 0.294. The molecule has 0 saturated carbocycles. The fourth-order valence-corrected chi connectivity index (χ4v) is 2.77. The van der Waals surface area contributed by atoms with Crippen LogP contribution in [0.25, 0.3) is 0 Å². The summed E-state index contributed by atoms with van der Waals surface area (Å²) in [5.41, 5.74) is 0.933. The predicted molar refractivity (Wildman–Crippen MR) is 92.5 cm³/mol. The Morgan fingerprint density at radius 2 is 1.80 bits per heavy atom. The van der Waals surface area contributed by atoms with Crippen LogP contribution in [0.4, 0.5) is 0 Å². The second kappa shape index (κ2) is 7.60. The Balaban J connectivity index is 1.60. The van der Waals surface area contributed by atoms with Crippen molar-refractivity contribution in [1.82, 2.24) is 14.9 Å². The van der Waals surface area contributed by atoms with E-state index in [1.165, 1.54) is 7.11 Å². The van der Waals surface area contributed by atoms with Gasteiger partial charge in [-0.1, -0.05) is 0 Å². The quantitative estimate of drug-likeness (QED) is 0.725. The average Bonchev–Trinajstić information content (AvgIpc) is 3.11. The lowest BCUT2D eigenvalue weighted by Crippen LogP contribution is -2.31. The van der Waals surface area contributed by atoms with Crippen molar-refractivity contribution in [1.29, 1.82) is 0 Å². The molecule has 1 aromatic carbocycles. The third-order valence-corrected chi connectivity index (χ3v) is 4.26. The zero-order valence-electron chi connectivity index (χ0n) is 13.5. The number of hydrogen-bond donors (Lipinski definition) is 0. The van der Waals surface area contributed by atoms with Crippen LogP contribution in [0.2, 0.25) is 0 Å². The van der Waals surface area contributed by atoms with Crippen molar-refractivity contribution >= 4 is 27.8 Å². The van der Waals surface area contributed by atoms with E-state index in [9.17, 15) is 9.59 Å². The SMILES string of the molecule is COC(=O)c1ccc(C(=O)N2CC[C@@H](Oc3ncc(Br)cn3)C2)cc1. The summed E-state index contributed by atoms with van der Waals surface area (Å²) in [5, 5.41) is 0. The first-order valence-corrected chi connectivity index (χ1v) is 8.48. The number of aromatic nitrogens is 2. The minimum absolute atomic E-state index is 0.0979. The Morgan fingerprint density at radius 3 is 2.44 bits per heavy atom. The molecule has 2 aromatic rings. The largest absolute Gasteiger partial charge is 0.465 e. The van der Waals surface area contributed by atoms with E-state index in [0.29, 0.717) is 36.6 Å². The number of carbonyl (C=O) groups is 2. The van der Waals surface area contributed by atoms with E-state index in [-0.39, 0.29) is 12.0 Å². The molecule has 2 heterocycles. The van der Waals surface area contributed by atoms with E-state index < -0.39 is 5.97 Å². The van der Waals surface area contributed by atoms with E-state index in [2.05, 4.69) is 30.6 Å². The molecule has 1 aromatic heterocycles. The van der Waals surface area contributed by atoms with Crippen LogP contribution >= 0.6 is 15.9 Å². The molecule has 0 N–H and O–H groups in total. The molecule has 1 aliphatic rings. The smallest absolute Gasteiger partial charge is 0.337 e. The van der Waals surface area contributed by atoms with Crippen molar-refractivity contribution in [2.75, 3.05) is 20.2 Å². The summed E-state index contributed by atoms with van der Waals surface area (Å²) in [7, 11) is 1.32. The molecule has 0 aliphatic carbocycles. The molecule has 25 heavy (non-hydrogen) atoms.